The number of ether oxygens (including phenoxy) is 1. The van der Waals surface area contributed by atoms with Gasteiger partial charge in [-0.1, -0.05) is 6.58 Å². The van der Waals surface area contributed by atoms with Crippen LogP contribution in [0.25, 0.3) is 11.2 Å². The number of anilines is 1. The number of alkyl halides is 3. The van der Waals surface area contributed by atoms with Gasteiger partial charge in [-0.2, -0.15) is 13.2 Å². The second kappa shape index (κ2) is 9.98. The SMILES string of the molecule is C=CC(=O)N1CC[C@@H](Nc2cnc3[nH]cc(C(=O)NCCCC(F)(F)F)c3n2)[C@@H](OC)C1. The summed E-state index contributed by atoms with van der Waals surface area (Å²) in [7, 11) is 1.56. The highest BCUT2D eigenvalue weighted by atomic mass is 19.4. The molecular formula is C20H25F3N6O3. The zero-order chi connectivity index (χ0) is 23.3. The molecule has 2 aromatic heterocycles. The number of H-pyrrole nitrogens is 1. The number of fused-ring (bicyclic) bond motifs is 1. The first-order valence-electron chi connectivity index (χ1n) is 10.1. The van der Waals surface area contributed by atoms with Crippen molar-refractivity contribution in [2.24, 2.45) is 0 Å². The number of carbonyl (C=O) groups excluding carboxylic acids is 2. The molecule has 12 heteroatoms. The number of nitrogens with one attached hydrogen (secondary N) is 3. The molecule has 2 aromatic rings. The van der Waals surface area contributed by atoms with Gasteiger partial charge in [-0.25, -0.2) is 9.97 Å². The lowest BCUT2D eigenvalue weighted by molar-refractivity contribution is -0.135. The highest BCUT2D eigenvalue weighted by Crippen LogP contribution is 2.22. The van der Waals surface area contributed by atoms with Crippen LogP contribution in [0, 0.1) is 0 Å². The van der Waals surface area contributed by atoms with Crippen molar-refractivity contribution in [3.05, 3.63) is 30.6 Å². The van der Waals surface area contributed by atoms with Crippen molar-refractivity contribution >= 4 is 28.8 Å². The summed E-state index contributed by atoms with van der Waals surface area (Å²) in [4.78, 5) is 37.5. The molecule has 32 heavy (non-hydrogen) atoms. The molecule has 0 radical (unpaired) electrons. The molecule has 3 N–H and O–H groups in total. The van der Waals surface area contributed by atoms with Crippen LogP contribution in [0.4, 0.5) is 19.0 Å². The molecule has 0 saturated carbocycles. The smallest absolute Gasteiger partial charge is 0.377 e. The normalized spacial score (nSPS) is 19.1. The third kappa shape index (κ3) is 5.75. The Morgan fingerprint density at radius 2 is 2.22 bits per heavy atom. The Hall–Kier alpha value is -3.15. The number of aromatic nitrogens is 3. The summed E-state index contributed by atoms with van der Waals surface area (Å²) < 4.78 is 42.3. The molecule has 1 aliphatic heterocycles. The van der Waals surface area contributed by atoms with Crippen molar-refractivity contribution in [1.29, 1.82) is 0 Å². The van der Waals surface area contributed by atoms with E-state index >= 15 is 0 Å². The maximum atomic E-state index is 12.4. The molecule has 1 fully saturated rings. The monoisotopic (exact) mass is 454 g/mol. The lowest BCUT2D eigenvalue weighted by Crippen LogP contribution is -2.52. The summed E-state index contributed by atoms with van der Waals surface area (Å²) in [5.41, 5.74) is 0.875. The van der Waals surface area contributed by atoms with Gasteiger partial charge in [0.15, 0.2) is 5.65 Å². The van der Waals surface area contributed by atoms with Crippen molar-refractivity contribution in [2.45, 2.75) is 37.6 Å². The third-order valence-corrected chi connectivity index (χ3v) is 5.23. The largest absolute Gasteiger partial charge is 0.389 e. The van der Waals surface area contributed by atoms with Crippen LogP contribution in [-0.4, -0.2) is 76.7 Å². The second-order valence-corrected chi connectivity index (χ2v) is 7.43. The predicted molar refractivity (Wildman–Crippen MR) is 111 cm³/mol. The minimum Gasteiger partial charge on any atom is -0.377 e. The van der Waals surface area contributed by atoms with Crippen molar-refractivity contribution < 1.29 is 27.5 Å². The third-order valence-electron chi connectivity index (χ3n) is 5.23. The first-order chi connectivity index (χ1) is 15.2. The summed E-state index contributed by atoms with van der Waals surface area (Å²) >= 11 is 0. The lowest BCUT2D eigenvalue weighted by atomic mass is 10.0. The number of hydrogen-bond acceptors (Lipinski definition) is 6. The van der Waals surface area contributed by atoms with E-state index in [1.165, 1.54) is 18.5 Å². The van der Waals surface area contributed by atoms with Crippen LogP contribution in [0.1, 0.15) is 29.6 Å². The summed E-state index contributed by atoms with van der Waals surface area (Å²) in [5.74, 6) is -0.278. The zero-order valence-corrected chi connectivity index (χ0v) is 17.5. The van der Waals surface area contributed by atoms with E-state index in [-0.39, 0.29) is 36.6 Å². The van der Waals surface area contributed by atoms with E-state index in [4.69, 9.17) is 4.74 Å². The van der Waals surface area contributed by atoms with Gasteiger partial charge in [0.2, 0.25) is 5.91 Å². The number of carbonyl (C=O) groups is 2. The van der Waals surface area contributed by atoms with Crippen LogP contribution in [0.5, 0.6) is 0 Å². The minimum absolute atomic E-state index is 0.103. The van der Waals surface area contributed by atoms with Crippen LogP contribution < -0.4 is 10.6 Å². The number of hydrogen-bond donors (Lipinski definition) is 3. The first-order valence-corrected chi connectivity index (χ1v) is 10.1. The highest BCUT2D eigenvalue weighted by Gasteiger charge is 2.31. The molecular weight excluding hydrogens is 429 g/mol. The van der Waals surface area contributed by atoms with Gasteiger partial charge in [0, 0.05) is 39.4 Å². The molecule has 174 valence electrons. The number of likely N-dealkylation sites (tertiary alicyclic amines) is 1. The Morgan fingerprint density at radius 1 is 1.44 bits per heavy atom. The number of amides is 2. The number of halogens is 3. The first kappa shape index (κ1) is 23.5. The van der Waals surface area contributed by atoms with E-state index in [0.29, 0.717) is 36.5 Å². The fourth-order valence-corrected chi connectivity index (χ4v) is 3.56. The molecule has 3 rings (SSSR count). The Labute approximate surface area is 182 Å². The van der Waals surface area contributed by atoms with Crippen LogP contribution >= 0.6 is 0 Å². The van der Waals surface area contributed by atoms with E-state index in [1.807, 2.05) is 0 Å². The van der Waals surface area contributed by atoms with Crippen LogP contribution in [0.2, 0.25) is 0 Å². The molecule has 2 amide bonds. The van der Waals surface area contributed by atoms with E-state index in [1.54, 1.807) is 12.0 Å². The maximum absolute atomic E-state index is 12.4. The summed E-state index contributed by atoms with van der Waals surface area (Å²) in [5, 5.41) is 5.72. The molecule has 9 nitrogen and oxygen atoms in total. The van der Waals surface area contributed by atoms with Gasteiger partial charge in [-0.3, -0.25) is 9.59 Å². The number of aromatic amines is 1. The molecule has 0 spiro atoms. The fraction of sp³-hybridized carbons (Fsp3) is 0.500. The molecule has 0 aromatic carbocycles. The Morgan fingerprint density at radius 3 is 2.91 bits per heavy atom. The summed E-state index contributed by atoms with van der Waals surface area (Å²) in [6.45, 7) is 4.31. The zero-order valence-electron chi connectivity index (χ0n) is 17.5. The molecule has 0 bridgehead atoms. The van der Waals surface area contributed by atoms with Crippen molar-refractivity contribution in [2.75, 3.05) is 32.1 Å². The predicted octanol–water partition coefficient (Wildman–Crippen LogP) is 2.24. The molecule has 0 aliphatic carbocycles. The van der Waals surface area contributed by atoms with Gasteiger partial charge in [0.25, 0.3) is 5.91 Å². The van der Waals surface area contributed by atoms with Crippen LogP contribution in [0.3, 0.4) is 0 Å². The minimum atomic E-state index is -4.26. The van der Waals surface area contributed by atoms with Gasteiger partial charge in [-0.05, 0) is 18.9 Å². The molecule has 1 aliphatic rings. The van der Waals surface area contributed by atoms with Gasteiger partial charge in [0.05, 0.1) is 23.9 Å². The molecule has 1 saturated heterocycles. The van der Waals surface area contributed by atoms with E-state index in [2.05, 4.69) is 32.2 Å². The topological polar surface area (TPSA) is 112 Å². The van der Waals surface area contributed by atoms with E-state index in [0.717, 1.165) is 0 Å². The van der Waals surface area contributed by atoms with Crippen molar-refractivity contribution in [3.8, 4) is 0 Å². The molecule has 0 unspecified atom stereocenters. The average Bonchev–Trinajstić information content (AvgIpc) is 3.19. The molecule has 3 heterocycles. The van der Waals surface area contributed by atoms with Gasteiger partial charge < -0.3 is 25.3 Å². The highest BCUT2D eigenvalue weighted by molar-refractivity contribution is 6.04. The van der Waals surface area contributed by atoms with Gasteiger partial charge in [-0.15, -0.1) is 0 Å². The quantitative estimate of drug-likeness (QED) is 0.417. The fourth-order valence-electron chi connectivity index (χ4n) is 3.56. The Balaban J connectivity index is 1.67. The summed E-state index contributed by atoms with van der Waals surface area (Å²) in [6, 6.07) is -0.140. The number of methoxy groups -OCH3 is 1. The summed E-state index contributed by atoms with van der Waals surface area (Å²) in [6.07, 6.45) is -0.907. The number of rotatable bonds is 8. The Kier molecular flexibility index (Phi) is 7.33. The molecule has 2 atom stereocenters. The van der Waals surface area contributed by atoms with Crippen molar-refractivity contribution in [1.82, 2.24) is 25.2 Å². The number of piperidine rings is 1. The average molecular weight is 454 g/mol. The van der Waals surface area contributed by atoms with E-state index < -0.39 is 18.5 Å². The van der Waals surface area contributed by atoms with Crippen LogP contribution in [-0.2, 0) is 9.53 Å². The lowest BCUT2D eigenvalue weighted by Gasteiger charge is -2.37. The van der Waals surface area contributed by atoms with E-state index in [9.17, 15) is 22.8 Å². The van der Waals surface area contributed by atoms with Gasteiger partial charge in [0.1, 0.15) is 11.3 Å². The number of nitrogens with zero attached hydrogens (tertiary/aromatic N) is 3. The second-order valence-electron chi connectivity index (χ2n) is 7.43. The maximum Gasteiger partial charge on any atom is 0.389 e. The Bertz CT molecular complexity index is 977. The van der Waals surface area contributed by atoms with Gasteiger partial charge >= 0.3 is 6.18 Å². The van der Waals surface area contributed by atoms with Crippen LogP contribution in [0.15, 0.2) is 25.0 Å². The standard InChI is InChI=1S/C20H25F3N6O3/c1-3-16(30)29-8-5-13(14(11-29)32-2)27-15-10-26-18-17(28-15)12(9-25-18)19(31)24-7-4-6-20(21,22)23/h3,9-10,13-14H,1,4-8,11H2,2H3,(H,24,31)(H,25,26)(H,27,28)/t13-,14+/m1/s1. The van der Waals surface area contributed by atoms with Crippen molar-refractivity contribution in [3.63, 3.8) is 0 Å².